The highest BCUT2D eigenvalue weighted by atomic mass is 16.1. The van der Waals surface area contributed by atoms with Gasteiger partial charge in [0.2, 0.25) is 0 Å². The fourth-order valence-corrected chi connectivity index (χ4v) is 2.55. The van der Waals surface area contributed by atoms with E-state index in [1.165, 1.54) is 0 Å². The topological polar surface area (TPSA) is 63.6 Å². The van der Waals surface area contributed by atoms with E-state index in [4.69, 9.17) is 5.26 Å². The van der Waals surface area contributed by atoms with E-state index >= 15 is 0 Å². The Morgan fingerprint density at radius 3 is 2.57 bits per heavy atom. The Balaban J connectivity index is 2.15. The van der Waals surface area contributed by atoms with Crippen molar-refractivity contribution in [1.82, 2.24) is 14.1 Å². The Hall–Kier alpha value is -2.87. The van der Waals surface area contributed by atoms with Crippen molar-refractivity contribution < 1.29 is 0 Å². The molecule has 2 aromatic heterocycles. The Labute approximate surface area is 121 Å². The Morgan fingerprint density at radius 1 is 1.19 bits per heavy atom. The number of fused-ring (bicyclic) bond motifs is 1. The molecule has 0 aliphatic rings. The van der Waals surface area contributed by atoms with Crippen molar-refractivity contribution in [2.75, 3.05) is 0 Å². The molecule has 0 unspecified atom stereocenters. The van der Waals surface area contributed by atoms with Gasteiger partial charge in [-0.15, -0.1) is 0 Å². The summed E-state index contributed by atoms with van der Waals surface area (Å²) in [6.07, 6.45) is 1.60. The van der Waals surface area contributed by atoms with Crippen LogP contribution in [0.1, 0.15) is 18.2 Å². The molecule has 21 heavy (non-hydrogen) atoms. The lowest BCUT2D eigenvalue weighted by molar-refractivity contribution is 0.684. The van der Waals surface area contributed by atoms with E-state index in [2.05, 4.69) is 4.98 Å². The number of aromatic nitrogens is 3. The van der Waals surface area contributed by atoms with Crippen LogP contribution in [0.5, 0.6) is 0 Å². The van der Waals surface area contributed by atoms with Crippen molar-refractivity contribution in [1.29, 1.82) is 5.26 Å². The maximum atomic E-state index is 12.5. The largest absolute Gasteiger partial charge is 0.329 e. The number of rotatable bonds is 3. The Kier molecular flexibility index (Phi) is 3.28. The third-order valence-corrected chi connectivity index (χ3v) is 3.52. The molecule has 1 aromatic carbocycles. The van der Waals surface area contributed by atoms with E-state index in [0.29, 0.717) is 18.8 Å². The number of para-hydroxylation sites is 2. The first-order valence-electron chi connectivity index (χ1n) is 6.77. The van der Waals surface area contributed by atoms with Crippen LogP contribution in [0.25, 0.3) is 11.0 Å². The molecule has 104 valence electrons. The van der Waals surface area contributed by atoms with E-state index in [0.717, 1.165) is 16.6 Å². The molecule has 5 nitrogen and oxygen atoms in total. The van der Waals surface area contributed by atoms with Crippen molar-refractivity contribution in [3.8, 4) is 6.07 Å². The molecule has 0 N–H and O–H groups in total. The third-order valence-electron chi connectivity index (χ3n) is 3.52. The zero-order valence-electron chi connectivity index (χ0n) is 11.7. The van der Waals surface area contributed by atoms with Gasteiger partial charge < -0.3 is 0 Å². The van der Waals surface area contributed by atoms with E-state index in [-0.39, 0.29) is 5.69 Å². The molecule has 2 heterocycles. The average Bonchev–Trinajstić information content (AvgIpc) is 2.79. The van der Waals surface area contributed by atoms with E-state index in [9.17, 15) is 4.79 Å². The van der Waals surface area contributed by atoms with Gasteiger partial charge in [0, 0.05) is 12.7 Å². The number of aryl methyl sites for hydroxylation is 1. The molecule has 0 fully saturated rings. The van der Waals surface area contributed by atoms with Crippen LogP contribution in [0.4, 0.5) is 0 Å². The number of nitrogens with zero attached hydrogens (tertiary/aromatic N) is 4. The number of hydrogen-bond acceptors (Lipinski definition) is 3. The van der Waals surface area contributed by atoms with Gasteiger partial charge in [0.1, 0.15) is 11.8 Å². The monoisotopic (exact) mass is 278 g/mol. The van der Waals surface area contributed by atoms with Gasteiger partial charge in [-0.05, 0) is 36.8 Å². The van der Waals surface area contributed by atoms with Crippen LogP contribution in [-0.2, 0) is 13.1 Å². The molecule has 3 aromatic rings. The molecular formula is C16H14N4O. The van der Waals surface area contributed by atoms with Crippen LogP contribution >= 0.6 is 0 Å². The molecule has 0 amide bonds. The minimum Gasteiger partial charge on any atom is -0.292 e. The highest BCUT2D eigenvalue weighted by molar-refractivity contribution is 5.76. The summed E-state index contributed by atoms with van der Waals surface area (Å²) in [6, 6.07) is 13.3. The summed E-state index contributed by atoms with van der Waals surface area (Å²) in [5, 5.41) is 8.91. The predicted octanol–water partition coefficient (Wildman–Crippen LogP) is 2.14. The molecule has 5 heteroatoms. The van der Waals surface area contributed by atoms with Crippen molar-refractivity contribution in [3.63, 3.8) is 0 Å². The van der Waals surface area contributed by atoms with Crippen LogP contribution in [0, 0.1) is 11.3 Å². The number of hydrogen-bond donors (Lipinski definition) is 0. The maximum Gasteiger partial charge on any atom is 0.329 e. The zero-order chi connectivity index (χ0) is 14.8. The minimum absolute atomic E-state index is 0.0333. The van der Waals surface area contributed by atoms with Crippen LogP contribution < -0.4 is 5.69 Å². The summed E-state index contributed by atoms with van der Waals surface area (Å²) in [5.41, 5.74) is 3.05. The van der Waals surface area contributed by atoms with E-state index in [1.807, 2.05) is 43.3 Å². The molecule has 0 radical (unpaired) electrons. The quantitative estimate of drug-likeness (QED) is 0.737. The highest BCUT2D eigenvalue weighted by Crippen LogP contribution is 2.14. The predicted molar refractivity (Wildman–Crippen MR) is 79.9 cm³/mol. The SMILES string of the molecule is CCn1c(=O)n(Cc2ccnc(C#N)c2)c2ccccc21. The molecule has 3 rings (SSSR count). The first kappa shape index (κ1) is 13.1. The van der Waals surface area contributed by atoms with Crippen molar-refractivity contribution in [2.24, 2.45) is 0 Å². The smallest absolute Gasteiger partial charge is 0.292 e. The van der Waals surface area contributed by atoms with Gasteiger partial charge in [-0.1, -0.05) is 12.1 Å². The second-order valence-electron chi connectivity index (χ2n) is 4.76. The lowest BCUT2D eigenvalue weighted by Gasteiger charge is -2.03. The van der Waals surface area contributed by atoms with Gasteiger partial charge in [-0.2, -0.15) is 5.26 Å². The molecule has 0 aliphatic carbocycles. The lowest BCUT2D eigenvalue weighted by atomic mass is 10.2. The molecular weight excluding hydrogens is 264 g/mol. The zero-order valence-corrected chi connectivity index (χ0v) is 11.7. The molecule has 0 atom stereocenters. The number of pyridine rings is 1. The molecule has 0 spiro atoms. The van der Waals surface area contributed by atoms with Gasteiger partial charge in [0.05, 0.1) is 17.6 Å². The Morgan fingerprint density at radius 2 is 1.90 bits per heavy atom. The molecule has 0 saturated heterocycles. The van der Waals surface area contributed by atoms with Crippen molar-refractivity contribution in [3.05, 3.63) is 64.3 Å². The molecule has 0 aliphatic heterocycles. The lowest BCUT2D eigenvalue weighted by Crippen LogP contribution is -2.24. The van der Waals surface area contributed by atoms with Crippen LogP contribution in [-0.4, -0.2) is 14.1 Å². The normalized spacial score (nSPS) is 10.7. The highest BCUT2D eigenvalue weighted by Gasteiger charge is 2.11. The minimum atomic E-state index is -0.0333. The van der Waals surface area contributed by atoms with Crippen molar-refractivity contribution >= 4 is 11.0 Å². The van der Waals surface area contributed by atoms with Crippen LogP contribution in [0.15, 0.2) is 47.4 Å². The Bertz CT molecular complexity index is 899. The van der Waals surface area contributed by atoms with Gasteiger partial charge in [0.25, 0.3) is 0 Å². The number of imidazole rings is 1. The first-order chi connectivity index (χ1) is 10.2. The standard InChI is InChI=1S/C16H14N4O/c1-2-19-14-5-3-4-6-15(14)20(16(19)21)11-12-7-8-18-13(9-12)10-17/h3-9H,2,11H2,1H3. The summed E-state index contributed by atoms with van der Waals surface area (Å²) in [5.74, 6) is 0. The average molecular weight is 278 g/mol. The first-order valence-corrected chi connectivity index (χ1v) is 6.77. The fraction of sp³-hybridized carbons (Fsp3) is 0.188. The molecule has 0 bridgehead atoms. The van der Waals surface area contributed by atoms with Crippen molar-refractivity contribution in [2.45, 2.75) is 20.0 Å². The summed E-state index contributed by atoms with van der Waals surface area (Å²) in [4.78, 5) is 16.5. The van der Waals surface area contributed by atoms with Gasteiger partial charge in [-0.25, -0.2) is 9.78 Å². The second kappa shape index (κ2) is 5.25. The second-order valence-corrected chi connectivity index (χ2v) is 4.76. The maximum absolute atomic E-state index is 12.5. The van der Waals surface area contributed by atoms with Gasteiger partial charge in [-0.3, -0.25) is 9.13 Å². The van der Waals surface area contributed by atoms with Crippen LogP contribution in [0.2, 0.25) is 0 Å². The van der Waals surface area contributed by atoms with Crippen LogP contribution in [0.3, 0.4) is 0 Å². The van der Waals surface area contributed by atoms with E-state index in [1.54, 1.807) is 21.4 Å². The third kappa shape index (κ3) is 2.21. The number of benzene rings is 1. The fourth-order valence-electron chi connectivity index (χ4n) is 2.55. The number of nitriles is 1. The summed E-state index contributed by atoms with van der Waals surface area (Å²) >= 11 is 0. The van der Waals surface area contributed by atoms with Gasteiger partial charge >= 0.3 is 5.69 Å². The molecule has 0 saturated carbocycles. The van der Waals surface area contributed by atoms with Gasteiger partial charge in [0.15, 0.2) is 0 Å². The summed E-state index contributed by atoms with van der Waals surface area (Å²) in [6.45, 7) is 3.02. The summed E-state index contributed by atoms with van der Waals surface area (Å²) < 4.78 is 3.48. The summed E-state index contributed by atoms with van der Waals surface area (Å²) in [7, 11) is 0. The van der Waals surface area contributed by atoms with E-state index < -0.39 is 0 Å².